The van der Waals surface area contributed by atoms with Crippen molar-refractivity contribution in [3.8, 4) is 5.75 Å². The Hall–Kier alpha value is -1.55. The molecule has 17 heavy (non-hydrogen) atoms. The van der Waals surface area contributed by atoms with Gasteiger partial charge in [0.25, 0.3) is 5.91 Å². The summed E-state index contributed by atoms with van der Waals surface area (Å²) in [4.78, 5) is 13.8. The van der Waals surface area contributed by atoms with E-state index in [0.717, 1.165) is 5.56 Å². The standard InChI is InChI=1S/C13H19NO3/c1-9-7-11(15)5-6-12(9)13(16)14(3)10(2)8-17-4/h5-7,10,15H,8H2,1-4H3. The van der Waals surface area contributed by atoms with E-state index >= 15 is 0 Å². The van der Waals surface area contributed by atoms with E-state index < -0.39 is 0 Å². The summed E-state index contributed by atoms with van der Waals surface area (Å²) in [5, 5.41) is 9.31. The Morgan fingerprint density at radius 3 is 2.71 bits per heavy atom. The molecule has 0 radical (unpaired) electrons. The molecule has 0 saturated heterocycles. The highest BCUT2D eigenvalue weighted by molar-refractivity contribution is 5.95. The second-order valence-corrected chi connectivity index (χ2v) is 4.22. The molecule has 1 aromatic rings. The fourth-order valence-electron chi connectivity index (χ4n) is 1.63. The van der Waals surface area contributed by atoms with Crippen molar-refractivity contribution in [1.29, 1.82) is 0 Å². The molecule has 1 rings (SSSR count). The molecule has 1 aromatic carbocycles. The number of methoxy groups -OCH3 is 1. The molecule has 0 spiro atoms. The van der Waals surface area contributed by atoms with Crippen LogP contribution in [0, 0.1) is 6.92 Å². The number of phenolic OH excluding ortho intramolecular Hbond substituents is 1. The van der Waals surface area contributed by atoms with Gasteiger partial charge in [-0.25, -0.2) is 0 Å². The molecule has 4 heteroatoms. The van der Waals surface area contributed by atoms with E-state index in [1.54, 1.807) is 31.2 Å². The lowest BCUT2D eigenvalue weighted by Crippen LogP contribution is -2.38. The van der Waals surface area contributed by atoms with Crippen molar-refractivity contribution in [2.75, 3.05) is 20.8 Å². The lowest BCUT2D eigenvalue weighted by molar-refractivity contribution is 0.0633. The summed E-state index contributed by atoms with van der Waals surface area (Å²) in [6.07, 6.45) is 0. The van der Waals surface area contributed by atoms with Gasteiger partial charge in [-0.15, -0.1) is 0 Å². The van der Waals surface area contributed by atoms with Crippen LogP contribution in [0.2, 0.25) is 0 Å². The van der Waals surface area contributed by atoms with E-state index in [0.29, 0.717) is 12.2 Å². The fraction of sp³-hybridized carbons (Fsp3) is 0.462. The van der Waals surface area contributed by atoms with Gasteiger partial charge < -0.3 is 14.7 Å². The van der Waals surface area contributed by atoms with Gasteiger partial charge in [-0.3, -0.25) is 4.79 Å². The number of phenols is 1. The SMILES string of the molecule is COCC(C)N(C)C(=O)c1ccc(O)cc1C. The van der Waals surface area contributed by atoms with Crippen LogP contribution in [0.15, 0.2) is 18.2 Å². The summed E-state index contributed by atoms with van der Waals surface area (Å²) in [6, 6.07) is 4.76. The summed E-state index contributed by atoms with van der Waals surface area (Å²) in [6.45, 7) is 4.23. The van der Waals surface area contributed by atoms with Crippen molar-refractivity contribution in [2.24, 2.45) is 0 Å². The zero-order valence-electron chi connectivity index (χ0n) is 10.7. The number of ether oxygens (including phenoxy) is 1. The highest BCUT2D eigenvalue weighted by Gasteiger charge is 2.18. The molecular formula is C13H19NO3. The first-order chi connectivity index (χ1) is 7.97. The Morgan fingerprint density at radius 1 is 1.53 bits per heavy atom. The highest BCUT2D eigenvalue weighted by Crippen LogP contribution is 2.17. The molecule has 4 nitrogen and oxygen atoms in total. The monoisotopic (exact) mass is 237 g/mol. The number of carbonyl (C=O) groups excluding carboxylic acids is 1. The van der Waals surface area contributed by atoms with Crippen LogP contribution in [0.5, 0.6) is 5.75 Å². The number of likely N-dealkylation sites (N-methyl/N-ethyl adjacent to an activating group) is 1. The quantitative estimate of drug-likeness (QED) is 0.868. The van der Waals surface area contributed by atoms with Crippen LogP contribution in [0.1, 0.15) is 22.8 Å². The Morgan fingerprint density at radius 2 is 2.18 bits per heavy atom. The topological polar surface area (TPSA) is 49.8 Å². The molecule has 0 heterocycles. The van der Waals surface area contributed by atoms with Gasteiger partial charge in [-0.1, -0.05) is 0 Å². The summed E-state index contributed by atoms with van der Waals surface area (Å²) < 4.78 is 5.03. The molecule has 0 aliphatic rings. The lowest BCUT2D eigenvalue weighted by Gasteiger charge is -2.25. The first kappa shape index (κ1) is 13.5. The second kappa shape index (κ2) is 5.68. The largest absolute Gasteiger partial charge is 0.508 e. The van der Waals surface area contributed by atoms with Gasteiger partial charge in [-0.05, 0) is 37.6 Å². The van der Waals surface area contributed by atoms with E-state index in [4.69, 9.17) is 4.74 Å². The fourth-order valence-corrected chi connectivity index (χ4v) is 1.63. The third-order valence-electron chi connectivity index (χ3n) is 2.83. The summed E-state index contributed by atoms with van der Waals surface area (Å²) in [5.41, 5.74) is 1.37. The van der Waals surface area contributed by atoms with E-state index in [2.05, 4.69) is 0 Å². The maximum absolute atomic E-state index is 12.2. The molecule has 1 atom stereocenters. The number of amides is 1. The van der Waals surface area contributed by atoms with Crippen molar-refractivity contribution in [3.63, 3.8) is 0 Å². The van der Waals surface area contributed by atoms with Crippen LogP contribution in [-0.4, -0.2) is 42.7 Å². The van der Waals surface area contributed by atoms with Crippen molar-refractivity contribution >= 4 is 5.91 Å². The Balaban J connectivity index is 2.88. The van der Waals surface area contributed by atoms with Crippen LogP contribution >= 0.6 is 0 Å². The predicted octanol–water partition coefficient (Wildman–Crippen LogP) is 1.81. The van der Waals surface area contributed by atoms with Gasteiger partial charge in [0.15, 0.2) is 0 Å². The molecule has 1 unspecified atom stereocenters. The van der Waals surface area contributed by atoms with Gasteiger partial charge in [0, 0.05) is 19.7 Å². The van der Waals surface area contributed by atoms with Crippen molar-refractivity contribution in [1.82, 2.24) is 4.90 Å². The minimum absolute atomic E-state index is 0.0145. The van der Waals surface area contributed by atoms with Crippen molar-refractivity contribution < 1.29 is 14.6 Å². The molecule has 0 bridgehead atoms. The number of nitrogens with zero attached hydrogens (tertiary/aromatic N) is 1. The van der Waals surface area contributed by atoms with E-state index in [-0.39, 0.29) is 17.7 Å². The normalized spacial score (nSPS) is 12.2. The smallest absolute Gasteiger partial charge is 0.254 e. The van der Waals surface area contributed by atoms with Crippen LogP contribution in [0.4, 0.5) is 0 Å². The molecular weight excluding hydrogens is 218 g/mol. The third kappa shape index (κ3) is 3.20. The molecule has 0 aliphatic carbocycles. The minimum atomic E-state index is -0.0629. The maximum Gasteiger partial charge on any atom is 0.254 e. The number of benzene rings is 1. The van der Waals surface area contributed by atoms with Crippen LogP contribution in [0.3, 0.4) is 0 Å². The van der Waals surface area contributed by atoms with Gasteiger partial charge >= 0.3 is 0 Å². The maximum atomic E-state index is 12.2. The van der Waals surface area contributed by atoms with Gasteiger partial charge in [-0.2, -0.15) is 0 Å². The summed E-state index contributed by atoms with van der Waals surface area (Å²) in [5.74, 6) is 0.110. The molecule has 1 amide bonds. The average Bonchev–Trinajstić information content (AvgIpc) is 2.27. The number of aryl methyl sites for hydroxylation is 1. The zero-order chi connectivity index (χ0) is 13.0. The van der Waals surface area contributed by atoms with Gasteiger partial charge in [0.05, 0.1) is 12.6 Å². The molecule has 94 valence electrons. The molecule has 0 saturated carbocycles. The second-order valence-electron chi connectivity index (χ2n) is 4.22. The summed E-state index contributed by atoms with van der Waals surface area (Å²) in [7, 11) is 3.36. The van der Waals surface area contributed by atoms with Crippen LogP contribution < -0.4 is 0 Å². The zero-order valence-corrected chi connectivity index (χ0v) is 10.7. The number of carbonyl (C=O) groups is 1. The van der Waals surface area contributed by atoms with E-state index in [1.807, 2.05) is 13.8 Å². The summed E-state index contributed by atoms with van der Waals surface area (Å²) >= 11 is 0. The number of hydrogen-bond donors (Lipinski definition) is 1. The Bertz CT molecular complexity index is 404. The average molecular weight is 237 g/mol. The first-order valence-corrected chi connectivity index (χ1v) is 5.53. The Labute approximate surface area is 102 Å². The molecule has 1 N–H and O–H groups in total. The number of rotatable bonds is 4. The van der Waals surface area contributed by atoms with Gasteiger partial charge in [0.1, 0.15) is 5.75 Å². The van der Waals surface area contributed by atoms with Crippen LogP contribution in [-0.2, 0) is 4.74 Å². The van der Waals surface area contributed by atoms with E-state index in [9.17, 15) is 9.90 Å². The number of aromatic hydroxyl groups is 1. The lowest BCUT2D eigenvalue weighted by atomic mass is 10.1. The highest BCUT2D eigenvalue weighted by atomic mass is 16.5. The van der Waals surface area contributed by atoms with Crippen LogP contribution in [0.25, 0.3) is 0 Å². The minimum Gasteiger partial charge on any atom is -0.508 e. The first-order valence-electron chi connectivity index (χ1n) is 5.53. The predicted molar refractivity (Wildman–Crippen MR) is 66.3 cm³/mol. The molecule has 0 aliphatic heterocycles. The van der Waals surface area contributed by atoms with E-state index in [1.165, 1.54) is 6.07 Å². The third-order valence-corrected chi connectivity index (χ3v) is 2.83. The van der Waals surface area contributed by atoms with Crippen molar-refractivity contribution in [3.05, 3.63) is 29.3 Å². The van der Waals surface area contributed by atoms with Gasteiger partial charge in [0.2, 0.25) is 0 Å². The molecule has 0 aromatic heterocycles. The van der Waals surface area contributed by atoms with Crippen molar-refractivity contribution in [2.45, 2.75) is 19.9 Å². The number of hydrogen-bond acceptors (Lipinski definition) is 3. The molecule has 0 fully saturated rings. The Kier molecular flexibility index (Phi) is 4.52.